The second-order valence-electron chi connectivity index (χ2n) is 3.41. The van der Waals surface area contributed by atoms with E-state index >= 15 is 0 Å². The fourth-order valence-electron chi connectivity index (χ4n) is 1.43. The number of hydrogen-bond acceptors (Lipinski definition) is 2. The van der Waals surface area contributed by atoms with Crippen molar-refractivity contribution in [1.82, 2.24) is 4.98 Å². The van der Waals surface area contributed by atoms with Crippen molar-refractivity contribution in [2.24, 2.45) is 0 Å². The van der Waals surface area contributed by atoms with Crippen LogP contribution in [0.1, 0.15) is 5.56 Å². The fourth-order valence-corrected chi connectivity index (χ4v) is 1.43. The Bertz CT molecular complexity index is 477. The zero-order valence-electron chi connectivity index (χ0n) is 8.37. The maximum Gasteiger partial charge on any atom is 0.133 e. The van der Waals surface area contributed by atoms with Crippen molar-refractivity contribution in [2.75, 3.05) is 5.73 Å². The zero-order valence-corrected chi connectivity index (χ0v) is 8.37. The van der Waals surface area contributed by atoms with Gasteiger partial charge in [0, 0.05) is 17.3 Å². The highest BCUT2D eigenvalue weighted by molar-refractivity contribution is 5.64. The van der Waals surface area contributed by atoms with Gasteiger partial charge in [-0.15, -0.1) is 0 Å². The molecule has 0 saturated heterocycles. The summed E-state index contributed by atoms with van der Waals surface area (Å²) in [6, 6.07) is 8.72. The maximum absolute atomic E-state index is 13.7. The van der Waals surface area contributed by atoms with Crippen LogP contribution in [0.3, 0.4) is 0 Å². The Morgan fingerprint density at radius 3 is 2.67 bits per heavy atom. The van der Waals surface area contributed by atoms with Gasteiger partial charge in [0.15, 0.2) is 0 Å². The molecule has 0 amide bonds. The van der Waals surface area contributed by atoms with Crippen LogP contribution in [0.15, 0.2) is 36.5 Å². The van der Waals surface area contributed by atoms with Gasteiger partial charge in [0.25, 0.3) is 0 Å². The Kier molecular flexibility index (Phi) is 2.37. The number of nitrogens with two attached hydrogens (primary N) is 1. The number of anilines is 1. The summed E-state index contributed by atoms with van der Waals surface area (Å²) in [5.41, 5.74) is 7.40. The van der Waals surface area contributed by atoms with E-state index in [1.165, 1.54) is 0 Å². The predicted molar refractivity (Wildman–Crippen MR) is 58.8 cm³/mol. The number of aromatic nitrogens is 1. The number of nitrogens with zero attached hydrogens (tertiary/aromatic N) is 1. The molecule has 0 atom stereocenters. The summed E-state index contributed by atoms with van der Waals surface area (Å²) in [7, 11) is 0. The molecule has 3 heteroatoms. The normalized spacial score (nSPS) is 10.3. The van der Waals surface area contributed by atoms with Crippen LogP contribution in [0, 0.1) is 12.7 Å². The lowest BCUT2D eigenvalue weighted by atomic mass is 10.0. The molecule has 0 bridgehead atoms. The van der Waals surface area contributed by atoms with E-state index in [0.29, 0.717) is 16.9 Å². The van der Waals surface area contributed by atoms with Crippen LogP contribution in [-0.2, 0) is 0 Å². The lowest BCUT2D eigenvalue weighted by Gasteiger charge is -2.05. The minimum absolute atomic E-state index is 0.205. The van der Waals surface area contributed by atoms with E-state index in [1.807, 2.05) is 6.07 Å². The minimum Gasteiger partial charge on any atom is -0.384 e. The molecule has 0 saturated carbocycles. The summed E-state index contributed by atoms with van der Waals surface area (Å²) < 4.78 is 13.7. The molecule has 2 aromatic rings. The van der Waals surface area contributed by atoms with Gasteiger partial charge in [0.2, 0.25) is 0 Å². The molecule has 15 heavy (non-hydrogen) atoms. The lowest BCUT2D eigenvalue weighted by Crippen LogP contribution is -1.91. The van der Waals surface area contributed by atoms with E-state index in [-0.39, 0.29) is 5.82 Å². The minimum atomic E-state index is -0.205. The van der Waals surface area contributed by atoms with Crippen molar-refractivity contribution in [3.63, 3.8) is 0 Å². The van der Waals surface area contributed by atoms with Crippen LogP contribution < -0.4 is 5.73 Å². The summed E-state index contributed by atoms with van der Waals surface area (Å²) in [6.07, 6.45) is 1.58. The Morgan fingerprint density at radius 2 is 2.00 bits per heavy atom. The smallest absolute Gasteiger partial charge is 0.133 e. The molecule has 2 rings (SSSR count). The average Bonchev–Trinajstić information content (AvgIpc) is 2.24. The molecular weight excluding hydrogens is 191 g/mol. The van der Waals surface area contributed by atoms with Crippen molar-refractivity contribution in [1.29, 1.82) is 0 Å². The molecule has 2 N–H and O–H groups in total. The molecule has 0 radical (unpaired) electrons. The van der Waals surface area contributed by atoms with Crippen LogP contribution in [0.5, 0.6) is 0 Å². The molecule has 1 heterocycles. The first-order valence-electron chi connectivity index (χ1n) is 4.65. The average molecular weight is 202 g/mol. The number of rotatable bonds is 1. The highest BCUT2D eigenvalue weighted by atomic mass is 19.1. The third-order valence-corrected chi connectivity index (χ3v) is 2.29. The van der Waals surface area contributed by atoms with Crippen molar-refractivity contribution >= 4 is 5.82 Å². The van der Waals surface area contributed by atoms with Crippen molar-refractivity contribution < 1.29 is 4.39 Å². The summed E-state index contributed by atoms with van der Waals surface area (Å²) in [6.45, 7) is 1.74. The quantitative estimate of drug-likeness (QED) is 0.772. The lowest BCUT2D eigenvalue weighted by molar-refractivity contribution is 0.622. The van der Waals surface area contributed by atoms with Gasteiger partial charge in [-0.25, -0.2) is 9.37 Å². The number of nitrogen functional groups attached to an aromatic ring is 1. The van der Waals surface area contributed by atoms with Gasteiger partial charge in [0.1, 0.15) is 11.6 Å². The third-order valence-electron chi connectivity index (χ3n) is 2.29. The SMILES string of the molecule is Cc1cccc(-c2ccc(N)nc2)c1F. The Balaban J connectivity index is 2.54. The van der Waals surface area contributed by atoms with Crippen LogP contribution in [-0.4, -0.2) is 4.98 Å². The molecule has 2 nitrogen and oxygen atoms in total. The molecule has 0 aliphatic heterocycles. The molecule has 0 spiro atoms. The van der Waals surface area contributed by atoms with Crippen molar-refractivity contribution in [3.05, 3.63) is 47.9 Å². The van der Waals surface area contributed by atoms with Gasteiger partial charge in [-0.3, -0.25) is 0 Å². The van der Waals surface area contributed by atoms with Gasteiger partial charge in [-0.1, -0.05) is 18.2 Å². The Morgan fingerprint density at radius 1 is 1.20 bits per heavy atom. The number of aryl methyl sites for hydroxylation is 1. The van der Waals surface area contributed by atoms with Crippen LogP contribution in [0.2, 0.25) is 0 Å². The molecule has 0 unspecified atom stereocenters. The second-order valence-corrected chi connectivity index (χ2v) is 3.41. The first-order chi connectivity index (χ1) is 7.18. The zero-order chi connectivity index (χ0) is 10.8. The van der Waals surface area contributed by atoms with Crippen molar-refractivity contribution in [2.45, 2.75) is 6.92 Å². The largest absolute Gasteiger partial charge is 0.384 e. The second kappa shape index (κ2) is 3.69. The number of hydrogen-bond donors (Lipinski definition) is 1. The maximum atomic E-state index is 13.7. The third kappa shape index (κ3) is 1.81. The van der Waals surface area contributed by atoms with E-state index in [4.69, 9.17) is 5.73 Å². The summed E-state index contributed by atoms with van der Waals surface area (Å²) in [4.78, 5) is 3.94. The van der Waals surface area contributed by atoms with E-state index < -0.39 is 0 Å². The molecule has 0 aliphatic rings. The standard InChI is InChI=1S/C12H11FN2/c1-8-3-2-4-10(12(8)13)9-5-6-11(14)15-7-9/h2-7H,1H3,(H2,14,15). The fraction of sp³-hybridized carbons (Fsp3) is 0.0833. The van der Waals surface area contributed by atoms with Gasteiger partial charge < -0.3 is 5.73 Å². The van der Waals surface area contributed by atoms with Gasteiger partial charge >= 0.3 is 0 Å². The molecule has 1 aromatic heterocycles. The molecular formula is C12H11FN2. The van der Waals surface area contributed by atoms with Gasteiger partial charge in [-0.2, -0.15) is 0 Å². The summed E-state index contributed by atoms with van der Waals surface area (Å²) in [5, 5.41) is 0. The number of halogens is 1. The van der Waals surface area contributed by atoms with Crippen LogP contribution in [0.25, 0.3) is 11.1 Å². The molecule has 0 fully saturated rings. The Hall–Kier alpha value is -1.90. The summed E-state index contributed by atoms with van der Waals surface area (Å²) in [5.74, 6) is 0.232. The number of benzene rings is 1. The molecule has 1 aromatic carbocycles. The van der Waals surface area contributed by atoms with Crippen LogP contribution >= 0.6 is 0 Å². The highest BCUT2D eigenvalue weighted by Gasteiger charge is 2.06. The van der Waals surface area contributed by atoms with Gasteiger partial charge in [-0.05, 0) is 24.6 Å². The van der Waals surface area contributed by atoms with Crippen molar-refractivity contribution in [3.8, 4) is 11.1 Å². The molecule has 0 aliphatic carbocycles. The number of pyridine rings is 1. The van der Waals surface area contributed by atoms with E-state index in [0.717, 1.165) is 5.56 Å². The van der Waals surface area contributed by atoms with E-state index in [9.17, 15) is 4.39 Å². The highest BCUT2D eigenvalue weighted by Crippen LogP contribution is 2.24. The topological polar surface area (TPSA) is 38.9 Å². The summed E-state index contributed by atoms with van der Waals surface area (Å²) >= 11 is 0. The van der Waals surface area contributed by atoms with E-state index in [1.54, 1.807) is 37.4 Å². The predicted octanol–water partition coefficient (Wildman–Crippen LogP) is 2.78. The first kappa shape index (κ1) is 9.65. The van der Waals surface area contributed by atoms with Crippen LogP contribution in [0.4, 0.5) is 10.2 Å². The first-order valence-corrected chi connectivity index (χ1v) is 4.65. The Labute approximate surface area is 87.6 Å². The monoisotopic (exact) mass is 202 g/mol. The molecule has 76 valence electrons. The van der Waals surface area contributed by atoms with Gasteiger partial charge in [0.05, 0.1) is 0 Å². The van der Waals surface area contributed by atoms with E-state index in [2.05, 4.69) is 4.98 Å².